The third kappa shape index (κ3) is 3.75. The minimum absolute atomic E-state index is 0.0458. The zero-order valence-electron chi connectivity index (χ0n) is 12.5. The minimum atomic E-state index is -0.563. The maximum absolute atomic E-state index is 12.3. The molecular weight excluding hydrogens is 340 g/mol. The highest BCUT2D eigenvalue weighted by molar-refractivity contribution is 9.10. The van der Waals surface area contributed by atoms with Crippen LogP contribution in [0.4, 0.5) is 4.79 Å². The predicted molar refractivity (Wildman–Crippen MR) is 79.9 cm³/mol. The van der Waals surface area contributed by atoms with Crippen LogP contribution in [-0.2, 0) is 4.74 Å². The molecule has 0 spiro atoms. The maximum atomic E-state index is 12.3. The van der Waals surface area contributed by atoms with Gasteiger partial charge in [0.25, 0.3) is 5.91 Å². The molecule has 8 heteroatoms. The smallest absolute Gasteiger partial charge is 0.409 e. The highest BCUT2D eigenvalue weighted by atomic mass is 79.9. The Morgan fingerprint density at radius 3 is 2.86 bits per heavy atom. The van der Waals surface area contributed by atoms with Gasteiger partial charge in [0.1, 0.15) is 15.9 Å². The van der Waals surface area contributed by atoms with E-state index in [0.29, 0.717) is 16.8 Å². The van der Waals surface area contributed by atoms with Gasteiger partial charge in [-0.05, 0) is 43.6 Å². The van der Waals surface area contributed by atoms with Gasteiger partial charge in [0, 0.05) is 12.6 Å². The van der Waals surface area contributed by atoms with Gasteiger partial charge in [-0.2, -0.15) is 5.10 Å². The molecule has 0 aliphatic carbocycles. The van der Waals surface area contributed by atoms with Crippen LogP contribution in [-0.4, -0.2) is 45.5 Å². The molecule has 2 rings (SSSR count). The summed E-state index contributed by atoms with van der Waals surface area (Å²) in [6.07, 6.45) is -0.539. The van der Waals surface area contributed by atoms with Gasteiger partial charge in [0.15, 0.2) is 0 Å². The predicted octanol–water partition coefficient (Wildman–Crippen LogP) is 2.14. The number of ether oxygens (including phenoxy) is 1. The van der Waals surface area contributed by atoms with E-state index in [2.05, 4.69) is 26.3 Å². The topological polar surface area (TPSA) is 76.5 Å². The molecule has 0 radical (unpaired) electrons. The third-order valence-corrected chi connectivity index (χ3v) is 3.32. The van der Waals surface area contributed by atoms with E-state index >= 15 is 0 Å². The van der Waals surface area contributed by atoms with Gasteiger partial charge in [0.05, 0.1) is 12.7 Å². The fraction of sp³-hybridized carbons (Fsp3) is 0.615. The first-order valence-corrected chi connectivity index (χ1v) is 7.48. The van der Waals surface area contributed by atoms with Crippen molar-refractivity contribution < 1.29 is 14.3 Å². The summed E-state index contributed by atoms with van der Waals surface area (Å²) in [4.78, 5) is 25.5. The lowest BCUT2D eigenvalue weighted by Gasteiger charge is -2.32. The Morgan fingerprint density at radius 2 is 2.24 bits per heavy atom. The first-order chi connectivity index (χ1) is 9.67. The molecule has 1 aromatic rings. The van der Waals surface area contributed by atoms with Gasteiger partial charge in [-0.1, -0.05) is 0 Å². The number of fused-ring (bicyclic) bond motifs is 1. The Bertz CT molecular complexity index is 564. The van der Waals surface area contributed by atoms with Gasteiger partial charge in [-0.25, -0.2) is 4.79 Å². The summed E-state index contributed by atoms with van der Waals surface area (Å²) in [5.74, 6) is -0.164. The van der Waals surface area contributed by atoms with Crippen LogP contribution in [0.15, 0.2) is 10.7 Å². The van der Waals surface area contributed by atoms with E-state index in [1.165, 1.54) is 0 Å². The number of nitrogens with one attached hydrogen (secondary N) is 1. The normalized spacial score (nSPS) is 18.4. The number of hydrogen-bond donors (Lipinski definition) is 1. The standard InChI is InChI=1S/C13H19BrN4O3/c1-8-6-17(7-15-12(20)21-13(2,3)4)11(19)9-5-10(14)16-18(8)9/h5,8H,6-7H2,1-4H3,(H,15,20). The molecule has 1 aromatic heterocycles. The number of aromatic nitrogens is 2. The number of nitrogens with zero attached hydrogens (tertiary/aromatic N) is 3. The summed E-state index contributed by atoms with van der Waals surface area (Å²) < 4.78 is 7.47. The molecule has 1 unspecified atom stereocenters. The Balaban J connectivity index is 2.00. The van der Waals surface area contributed by atoms with Crippen LogP contribution in [0.25, 0.3) is 0 Å². The van der Waals surface area contributed by atoms with Crippen LogP contribution in [0, 0.1) is 0 Å². The van der Waals surface area contributed by atoms with Gasteiger partial charge in [-0.15, -0.1) is 0 Å². The molecule has 1 N–H and O–H groups in total. The fourth-order valence-corrected chi connectivity index (χ4v) is 2.50. The Kier molecular flexibility index (Phi) is 4.27. The molecule has 0 bridgehead atoms. The highest BCUT2D eigenvalue weighted by Gasteiger charge is 2.30. The second kappa shape index (κ2) is 5.67. The number of amides is 2. The van der Waals surface area contributed by atoms with E-state index in [0.717, 1.165) is 0 Å². The summed E-state index contributed by atoms with van der Waals surface area (Å²) in [5, 5.41) is 6.83. The third-order valence-electron chi connectivity index (χ3n) is 2.93. The van der Waals surface area contributed by atoms with E-state index in [1.807, 2.05) is 6.92 Å². The summed E-state index contributed by atoms with van der Waals surface area (Å²) in [6.45, 7) is 7.93. The molecule has 1 aliphatic rings. The Hall–Kier alpha value is -1.57. The van der Waals surface area contributed by atoms with Crippen molar-refractivity contribution in [1.29, 1.82) is 0 Å². The van der Waals surface area contributed by atoms with Crippen molar-refractivity contribution in [2.75, 3.05) is 13.2 Å². The second-order valence-corrected chi connectivity index (χ2v) is 6.82. The van der Waals surface area contributed by atoms with E-state index in [1.54, 1.807) is 36.4 Å². The van der Waals surface area contributed by atoms with Gasteiger partial charge in [0.2, 0.25) is 0 Å². The zero-order chi connectivity index (χ0) is 15.8. The van der Waals surface area contributed by atoms with Crippen molar-refractivity contribution in [3.05, 3.63) is 16.4 Å². The summed E-state index contributed by atoms with van der Waals surface area (Å²) >= 11 is 3.27. The van der Waals surface area contributed by atoms with Gasteiger partial charge in [-0.3, -0.25) is 9.48 Å². The van der Waals surface area contributed by atoms with E-state index in [-0.39, 0.29) is 18.6 Å². The molecule has 7 nitrogen and oxygen atoms in total. The molecule has 21 heavy (non-hydrogen) atoms. The number of carbonyl (C=O) groups excluding carboxylic acids is 2. The van der Waals surface area contributed by atoms with Gasteiger partial charge < -0.3 is 15.0 Å². The van der Waals surface area contributed by atoms with E-state index < -0.39 is 11.7 Å². The van der Waals surface area contributed by atoms with Crippen molar-refractivity contribution in [3.63, 3.8) is 0 Å². The molecule has 0 fully saturated rings. The minimum Gasteiger partial charge on any atom is -0.444 e. The fourth-order valence-electron chi connectivity index (χ4n) is 2.11. The molecule has 2 amide bonds. The number of rotatable bonds is 2. The van der Waals surface area contributed by atoms with E-state index in [9.17, 15) is 9.59 Å². The van der Waals surface area contributed by atoms with Crippen molar-refractivity contribution in [2.45, 2.75) is 39.3 Å². The number of carbonyl (C=O) groups is 2. The van der Waals surface area contributed by atoms with Crippen molar-refractivity contribution in [1.82, 2.24) is 20.0 Å². The lowest BCUT2D eigenvalue weighted by Crippen LogP contribution is -2.48. The summed E-state index contributed by atoms with van der Waals surface area (Å²) in [6, 6.07) is 1.72. The monoisotopic (exact) mass is 358 g/mol. The lowest BCUT2D eigenvalue weighted by atomic mass is 10.2. The number of halogens is 1. The van der Waals surface area contributed by atoms with Crippen LogP contribution < -0.4 is 5.32 Å². The molecular formula is C13H19BrN4O3. The summed E-state index contributed by atoms with van der Waals surface area (Å²) in [7, 11) is 0. The SMILES string of the molecule is CC1CN(CNC(=O)OC(C)(C)C)C(=O)c2cc(Br)nn21. The molecule has 0 saturated carbocycles. The Labute approximate surface area is 131 Å². The van der Waals surface area contributed by atoms with Gasteiger partial charge >= 0.3 is 6.09 Å². The maximum Gasteiger partial charge on any atom is 0.409 e. The number of alkyl carbamates (subject to hydrolysis) is 1. The van der Waals surface area contributed by atoms with Crippen molar-refractivity contribution >= 4 is 27.9 Å². The average molecular weight is 359 g/mol. The largest absolute Gasteiger partial charge is 0.444 e. The average Bonchev–Trinajstić information content (AvgIpc) is 2.72. The molecule has 116 valence electrons. The van der Waals surface area contributed by atoms with Crippen LogP contribution >= 0.6 is 15.9 Å². The van der Waals surface area contributed by atoms with Crippen LogP contribution in [0.5, 0.6) is 0 Å². The van der Waals surface area contributed by atoms with Crippen LogP contribution in [0.2, 0.25) is 0 Å². The summed E-state index contributed by atoms with van der Waals surface area (Å²) in [5.41, 5.74) is -0.0566. The molecule has 1 atom stereocenters. The second-order valence-electron chi connectivity index (χ2n) is 6.01. The van der Waals surface area contributed by atoms with Crippen LogP contribution in [0.1, 0.15) is 44.2 Å². The van der Waals surface area contributed by atoms with E-state index in [4.69, 9.17) is 4.74 Å². The highest BCUT2D eigenvalue weighted by Crippen LogP contribution is 2.22. The number of hydrogen-bond acceptors (Lipinski definition) is 4. The molecule has 0 aromatic carbocycles. The first kappa shape index (κ1) is 15.8. The Morgan fingerprint density at radius 1 is 1.57 bits per heavy atom. The zero-order valence-corrected chi connectivity index (χ0v) is 14.1. The first-order valence-electron chi connectivity index (χ1n) is 6.68. The quantitative estimate of drug-likeness (QED) is 0.878. The molecule has 2 heterocycles. The molecule has 0 saturated heterocycles. The van der Waals surface area contributed by atoms with Crippen molar-refractivity contribution in [3.8, 4) is 0 Å². The van der Waals surface area contributed by atoms with Crippen molar-refractivity contribution in [2.24, 2.45) is 0 Å². The lowest BCUT2D eigenvalue weighted by molar-refractivity contribution is 0.0455. The van der Waals surface area contributed by atoms with Crippen LogP contribution in [0.3, 0.4) is 0 Å². The molecule has 1 aliphatic heterocycles.